The molecule has 24 heavy (non-hydrogen) atoms. The summed E-state index contributed by atoms with van der Waals surface area (Å²) >= 11 is 0. The molecule has 0 fully saturated rings. The minimum atomic E-state index is 0.753. The lowest BCUT2D eigenvalue weighted by atomic mass is 10.3. The number of fused-ring (bicyclic) bond motifs is 1. The van der Waals surface area contributed by atoms with Gasteiger partial charge in [0.05, 0.1) is 0 Å². The van der Waals surface area contributed by atoms with Crippen molar-refractivity contribution in [3.63, 3.8) is 0 Å². The van der Waals surface area contributed by atoms with Gasteiger partial charge in [-0.3, -0.25) is 9.39 Å². The van der Waals surface area contributed by atoms with Crippen molar-refractivity contribution in [2.24, 2.45) is 4.99 Å². The molecule has 132 valence electrons. The van der Waals surface area contributed by atoms with E-state index in [-0.39, 0.29) is 0 Å². The number of guanidine groups is 1. The van der Waals surface area contributed by atoms with Crippen molar-refractivity contribution in [3.8, 4) is 0 Å². The van der Waals surface area contributed by atoms with Crippen molar-refractivity contribution < 1.29 is 4.74 Å². The lowest BCUT2D eigenvalue weighted by Crippen LogP contribution is -2.38. The number of nitrogens with zero attached hydrogens (tertiary/aromatic N) is 4. The average Bonchev–Trinajstić information content (AvgIpc) is 3.01. The second-order valence-corrected chi connectivity index (χ2v) is 5.39. The Morgan fingerprint density at radius 1 is 1.21 bits per heavy atom. The Balaban J connectivity index is 1.75. The SMILES string of the molecule is CCNC(=NCCCc1nnc2ccccn12)NCCCOCC. The van der Waals surface area contributed by atoms with Gasteiger partial charge < -0.3 is 15.4 Å². The van der Waals surface area contributed by atoms with Crippen molar-refractivity contribution in [2.45, 2.75) is 33.1 Å². The van der Waals surface area contributed by atoms with Crippen LogP contribution < -0.4 is 10.6 Å². The van der Waals surface area contributed by atoms with E-state index in [4.69, 9.17) is 4.74 Å². The number of nitrogens with one attached hydrogen (secondary N) is 2. The molecule has 7 nitrogen and oxygen atoms in total. The zero-order chi connectivity index (χ0) is 17.0. The molecule has 0 bridgehead atoms. The quantitative estimate of drug-likeness (QED) is 0.393. The summed E-state index contributed by atoms with van der Waals surface area (Å²) in [7, 11) is 0. The zero-order valence-electron chi connectivity index (χ0n) is 14.7. The van der Waals surface area contributed by atoms with Crippen LogP contribution in [0.1, 0.15) is 32.5 Å². The molecule has 0 aliphatic carbocycles. The summed E-state index contributed by atoms with van der Waals surface area (Å²) in [6.45, 7) is 8.10. The highest BCUT2D eigenvalue weighted by molar-refractivity contribution is 5.79. The molecule has 0 spiro atoms. The predicted octanol–water partition coefficient (Wildman–Crippen LogP) is 1.64. The number of aliphatic imine (C=N–C) groups is 1. The monoisotopic (exact) mass is 332 g/mol. The molecule has 2 heterocycles. The third-order valence-electron chi connectivity index (χ3n) is 3.52. The van der Waals surface area contributed by atoms with Gasteiger partial charge in [-0.25, -0.2) is 0 Å². The maximum atomic E-state index is 5.33. The minimum Gasteiger partial charge on any atom is -0.382 e. The molecule has 0 saturated heterocycles. The fourth-order valence-electron chi connectivity index (χ4n) is 2.36. The molecule has 0 aliphatic heterocycles. The van der Waals surface area contributed by atoms with Crippen LogP contribution in [0, 0.1) is 0 Å². The maximum absolute atomic E-state index is 5.33. The molecule has 0 aromatic carbocycles. The van der Waals surface area contributed by atoms with E-state index in [1.54, 1.807) is 0 Å². The summed E-state index contributed by atoms with van der Waals surface area (Å²) in [4.78, 5) is 4.61. The molecule has 0 unspecified atom stereocenters. The lowest BCUT2D eigenvalue weighted by molar-refractivity contribution is 0.145. The maximum Gasteiger partial charge on any atom is 0.191 e. The van der Waals surface area contributed by atoms with E-state index in [9.17, 15) is 0 Å². The van der Waals surface area contributed by atoms with Crippen LogP contribution in [-0.4, -0.2) is 53.4 Å². The Hall–Kier alpha value is -2.15. The lowest BCUT2D eigenvalue weighted by Gasteiger charge is -2.11. The van der Waals surface area contributed by atoms with Crippen molar-refractivity contribution in [2.75, 3.05) is 32.8 Å². The van der Waals surface area contributed by atoms with Crippen LogP contribution in [0.4, 0.5) is 0 Å². The molecule has 0 atom stereocenters. The summed E-state index contributed by atoms with van der Waals surface area (Å²) in [6, 6.07) is 5.93. The number of hydrogen-bond acceptors (Lipinski definition) is 4. The van der Waals surface area contributed by atoms with E-state index < -0.39 is 0 Å². The summed E-state index contributed by atoms with van der Waals surface area (Å²) in [6.07, 6.45) is 4.77. The van der Waals surface area contributed by atoms with Gasteiger partial charge >= 0.3 is 0 Å². The number of hydrogen-bond donors (Lipinski definition) is 2. The van der Waals surface area contributed by atoms with Gasteiger partial charge in [-0.1, -0.05) is 6.07 Å². The Labute approximate surface area is 143 Å². The van der Waals surface area contributed by atoms with Gasteiger partial charge in [-0.05, 0) is 38.8 Å². The van der Waals surface area contributed by atoms with Gasteiger partial charge in [0.2, 0.25) is 0 Å². The van der Waals surface area contributed by atoms with Gasteiger partial charge in [-0.15, -0.1) is 10.2 Å². The predicted molar refractivity (Wildman–Crippen MR) is 96.4 cm³/mol. The average molecular weight is 332 g/mol. The first kappa shape index (κ1) is 18.2. The van der Waals surface area contributed by atoms with Crippen LogP contribution in [0.25, 0.3) is 5.65 Å². The van der Waals surface area contributed by atoms with E-state index in [2.05, 4.69) is 32.7 Å². The molecule has 2 rings (SSSR count). The first-order valence-corrected chi connectivity index (χ1v) is 8.73. The van der Waals surface area contributed by atoms with Crippen molar-refractivity contribution >= 4 is 11.6 Å². The summed E-state index contributed by atoms with van der Waals surface area (Å²) in [5.41, 5.74) is 0.889. The third kappa shape index (κ3) is 5.81. The van der Waals surface area contributed by atoms with Crippen molar-refractivity contribution in [1.29, 1.82) is 0 Å². The Kier molecular flexibility index (Phi) is 8.03. The fourth-order valence-corrected chi connectivity index (χ4v) is 2.36. The normalized spacial score (nSPS) is 11.8. The molecule has 0 saturated carbocycles. The van der Waals surface area contributed by atoms with E-state index in [1.165, 1.54) is 0 Å². The number of rotatable bonds is 10. The molecular weight excluding hydrogens is 304 g/mol. The summed E-state index contributed by atoms with van der Waals surface area (Å²) in [5.74, 6) is 1.84. The second-order valence-electron chi connectivity index (χ2n) is 5.39. The minimum absolute atomic E-state index is 0.753. The van der Waals surface area contributed by atoms with E-state index >= 15 is 0 Å². The molecular formula is C17H28N6O. The van der Waals surface area contributed by atoms with Gasteiger partial charge in [0.15, 0.2) is 11.6 Å². The molecule has 2 aromatic heterocycles. The molecule has 2 N–H and O–H groups in total. The number of pyridine rings is 1. The largest absolute Gasteiger partial charge is 0.382 e. The molecule has 0 radical (unpaired) electrons. The molecule has 0 aliphatic rings. The highest BCUT2D eigenvalue weighted by Gasteiger charge is 2.04. The fraction of sp³-hybridized carbons (Fsp3) is 0.588. The first-order chi connectivity index (χ1) is 11.8. The van der Waals surface area contributed by atoms with Crippen LogP contribution >= 0.6 is 0 Å². The second kappa shape index (κ2) is 10.6. The third-order valence-corrected chi connectivity index (χ3v) is 3.52. The highest BCUT2D eigenvalue weighted by atomic mass is 16.5. The standard InChI is InChI=1S/C17H28N6O/c1-3-18-17(20-12-8-14-24-4-2)19-11-7-10-16-22-21-15-9-5-6-13-23(15)16/h5-6,9,13H,3-4,7-8,10-12,14H2,1-2H3,(H2,18,19,20). The van der Waals surface area contributed by atoms with Gasteiger partial charge in [-0.2, -0.15) is 0 Å². The number of ether oxygens (including phenoxy) is 1. The number of aryl methyl sites for hydroxylation is 1. The Bertz CT molecular complexity index is 624. The van der Waals surface area contributed by atoms with Gasteiger partial charge in [0, 0.05) is 45.5 Å². The Morgan fingerprint density at radius 2 is 2.12 bits per heavy atom. The van der Waals surface area contributed by atoms with Crippen LogP contribution in [0.3, 0.4) is 0 Å². The van der Waals surface area contributed by atoms with Crippen LogP contribution in [0.2, 0.25) is 0 Å². The van der Waals surface area contributed by atoms with E-state index in [0.29, 0.717) is 0 Å². The highest BCUT2D eigenvalue weighted by Crippen LogP contribution is 2.05. The summed E-state index contributed by atoms with van der Waals surface area (Å²) < 4.78 is 7.36. The molecule has 0 amide bonds. The smallest absolute Gasteiger partial charge is 0.191 e. The van der Waals surface area contributed by atoms with E-state index in [0.717, 1.165) is 69.5 Å². The first-order valence-electron chi connectivity index (χ1n) is 8.73. The van der Waals surface area contributed by atoms with E-state index in [1.807, 2.05) is 35.7 Å². The van der Waals surface area contributed by atoms with Crippen LogP contribution in [-0.2, 0) is 11.2 Å². The van der Waals surface area contributed by atoms with Crippen molar-refractivity contribution in [3.05, 3.63) is 30.2 Å². The Morgan fingerprint density at radius 3 is 2.96 bits per heavy atom. The van der Waals surface area contributed by atoms with Crippen LogP contribution in [0.5, 0.6) is 0 Å². The van der Waals surface area contributed by atoms with Gasteiger partial charge in [0.1, 0.15) is 5.82 Å². The zero-order valence-corrected chi connectivity index (χ0v) is 14.7. The number of aromatic nitrogens is 3. The van der Waals surface area contributed by atoms with Crippen LogP contribution in [0.15, 0.2) is 29.4 Å². The molecule has 2 aromatic rings. The molecule has 7 heteroatoms. The topological polar surface area (TPSA) is 75.8 Å². The van der Waals surface area contributed by atoms with Crippen molar-refractivity contribution in [1.82, 2.24) is 25.2 Å². The summed E-state index contributed by atoms with van der Waals surface area (Å²) in [5, 5.41) is 15.0. The van der Waals surface area contributed by atoms with Gasteiger partial charge in [0.25, 0.3) is 0 Å².